The van der Waals surface area contributed by atoms with Gasteiger partial charge in [0.15, 0.2) is 0 Å². The zero-order chi connectivity index (χ0) is 15.8. The van der Waals surface area contributed by atoms with Crippen molar-refractivity contribution in [3.63, 3.8) is 0 Å². The minimum absolute atomic E-state index is 0.00273. The molecule has 0 spiro atoms. The molecule has 0 saturated heterocycles. The Morgan fingerprint density at radius 3 is 2.83 bits per heavy atom. The summed E-state index contributed by atoms with van der Waals surface area (Å²) in [4.78, 5) is 12.2. The van der Waals surface area contributed by atoms with Gasteiger partial charge in [0, 0.05) is 17.6 Å². The molecule has 1 aliphatic heterocycles. The first-order chi connectivity index (χ1) is 11.2. The first-order valence-electron chi connectivity index (χ1n) is 7.51. The molecule has 116 valence electrons. The monoisotopic (exact) mass is 326 g/mol. The van der Waals surface area contributed by atoms with Crippen LogP contribution in [0.2, 0.25) is 0 Å². The molecule has 1 N–H and O–H groups in total. The molecule has 0 saturated carbocycles. The van der Waals surface area contributed by atoms with E-state index in [2.05, 4.69) is 17.4 Å². The molecule has 1 aliphatic rings. The summed E-state index contributed by atoms with van der Waals surface area (Å²) < 4.78 is 14.8. The van der Waals surface area contributed by atoms with Gasteiger partial charge >= 0.3 is 4.87 Å². The van der Waals surface area contributed by atoms with Crippen molar-refractivity contribution in [2.24, 2.45) is 0 Å². The van der Waals surface area contributed by atoms with Gasteiger partial charge in [0.1, 0.15) is 5.82 Å². The Morgan fingerprint density at radius 2 is 2.00 bits per heavy atom. The van der Waals surface area contributed by atoms with Gasteiger partial charge in [-0.05, 0) is 47.4 Å². The predicted octanol–water partition coefficient (Wildman–Crippen LogP) is 3.73. The number of nitrogens with zero attached hydrogens (tertiary/aromatic N) is 1. The lowest BCUT2D eigenvalue weighted by Gasteiger charge is -2.09. The molecule has 0 radical (unpaired) electrons. The molecule has 0 aliphatic carbocycles. The van der Waals surface area contributed by atoms with E-state index in [4.69, 9.17) is 0 Å². The van der Waals surface area contributed by atoms with Crippen LogP contribution in [0.5, 0.6) is 0 Å². The summed E-state index contributed by atoms with van der Waals surface area (Å²) in [6.07, 6.45) is 1.01. The van der Waals surface area contributed by atoms with E-state index in [1.165, 1.54) is 34.7 Å². The average Bonchev–Trinajstić information content (AvgIpc) is 3.16. The number of anilines is 1. The molecule has 0 fully saturated rings. The van der Waals surface area contributed by atoms with E-state index in [0.717, 1.165) is 29.8 Å². The van der Waals surface area contributed by atoms with Gasteiger partial charge in [0.25, 0.3) is 0 Å². The van der Waals surface area contributed by atoms with E-state index in [-0.39, 0.29) is 10.7 Å². The second-order valence-corrected chi connectivity index (χ2v) is 6.47. The lowest BCUT2D eigenvalue weighted by Crippen LogP contribution is -2.15. The molecule has 0 unspecified atom stereocenters. The lowest BCUT2D eigenvalue weighted by molar-refractivity contribution is 0.626. The molecule has 1 aromatic heterocycles. The van der Waals surface area contributed by atoms with Crippen LogP contribution in [0, 0.1) is 5.82 Å². The van der Waals surface area contributed by atoms with Crippen LogP contribution in [0.3, 0.4) is 0 Å². The minimum Gasteiger partial charge on any atom is -0.384 e. The van der Waals surface area contributed by atoms with Gasteiger partial charge in [-0.25, -0.2) is 4.39 Å². The maximum Gasteiger partial charge on any atom is 0.307 e. The standard InChI is InChI=1S/C18H15FN2OS/c19-15-4-1-12(2-5-15)10-21-17(11-23-18(21)22)14-3-6-16-13(9-14)7-8-20-16/h1-6,9,11,20H,7-8,10H2. The molecule has 3 aromatic rings. The number of aromatic nitrogens is 1. The van der Waals surface area contributed by atoms with Gasteiger partial charge in [0.05, 0.1) is 12.2 Å². The Kier molecular flexibility index (Phi) is 3.50. The molecular weight excluding hydrogens is 311 g/mol. The fraction of sp³-hybridized carbons (Fsp3) is 0.167. The SMILES string of the molecule is O=c1scc(-c2ccc3c(c2)CCN3)n1Cc1ccc(F)cc1. The molecule has 5 heteroatoms. The van der Waals surface area contributed by atoms with E-state index in [1.54, 1.807) is 16.7 Å². The van der Waals surface area contributed by atoms with Crippen molar-refractivity contribution in [1.29, 1.82) is 0 Å². The number of halogens is 1. The predicted molar refractivity (Wildman–Crippen MR) is 91.7 cm³/mol. The van der Waals surface area contributed by atoms with Crippen LogP contribution in [-0.4, -0.2) is 11.1 Å². The maximum atomic E-state index is 13.0. The first-order valence-corrected chi connectivity index (χ1v) is 8.38. The summed E-state index contributed by atoms with van der Waals surface area (Å²) in [5.41, 5.74) is 5.34. The normalized spacial score (nSPS) is 12.9. The second-order valence-electron chi connectivity index (χ2n) is 5.65. The zero-order valence-electron chi connectivity index (χ0n) is 12.4. The van der Waals surface area contributed by atoms with Crippen molar-refractivity contribution in [2.75, 3.05) is 11.9 Å². The van der Waals surface area contributed by atoms with Gasteiger partial charge in [0.2, 0.25) is 0 Å². The fourth-order valence-corrected chi connectivity index (χ4v) is 3.71. The third-order valence-electron chi connectivity index (χ3n) is 4.15. The quantitative estimate of drug-likeness (QED) is 0.796. The van der Waals surface area contributed by atoms with Crippen LogP contribution in [0.4, 0.5) is 10.1 Å². The highest BCUT2D eigenvalue weighted by molar-refractivity contribution is 7.07. The summed E-state index contributed by atoms with van der Waals surface area (Å²) in [6, 6.07) is 12.5. The molecule has 3 nitrogen and oxygen atoms in total. The molecule has 0 amide bonds. The third-order valence-corrected chi connectivity index (χ3v) is 4.91. The van der Waals surface area contributed by atoms with Crippen molar-refractivity contribution >= 4 is 17.0 Å². The van der Waals surface area contributed by atoms with Crippen LogP contribution in [0.25, 0.3) is 11.3 Å². The minimum atomic E-state index is -0.266. The van der Waals surface area contributed by atoms with Gasteiger partial charge in [-0.2, -0.15) is 0 Å². The van der Waals surface area contributed by atoms with Crippen molar-refractivity contribution in [3.8, 4) is 11.3 Å². The highest BCUT2D eigenvalue weighted by Crippen LogP contribution is 2.29. The van der Waals surface area contributed by atoms with Crippen LogP contribution in [0.1, 0.15) is 11.1 Å². The molecular formula is C18H15FN2OS. The van der Waals surface area contributed by atoms with Crippen LogP contribution < -0.4 is 10.2 Å². The molecule has 0 bridgehead atoms. The van der Waals surface area contributed by atoms with Crippen LogP contribution in [0.15, 0.2) is 52.6 Å². The first kappa shape index (κ1) is 14.2. The topological polar surface area (TPSA) is 34.0 Å². The van der Waals surface area contributed by atoms with Gasteiger partial charge in [-0.1, -0.05) is 29.5 Å². The summed E-state index contributed by atoms with van der Waals surface area (Å²) in [7, 11) is 0. The number of fused-ring (bicyclic) bond motifs is 1. The van der Waals surface area contributed by atoms with Gasteiger partial charge in [-0.3, -0.25) is 9.36 Å². The Balaban J connectivity index is 1.73. The number of rotatable bonds is 3. The zero-order valence-corrected chi connectivity index (χ0v) is 13.2. The maximum absolute atomic E-state index is 13.0. The molecule has 4 rings (SSSR count). The third kappa shape index (κ3) is 2.68. The van der Waals surface area contributed by atoms with E-state index in [9.17, 15) is 9.18 Å². The molecule has 2 heterocycles. The highest BCUT2D eigenvalue weighted by atomic mass is 32.1. The van der Waals surface area contributed by atoms with E-state index in [1.807, 2.05) is 11.4 Å². The Labute approximate surface area is 137 Å². The number of benzene rings is 2. The number of hydrogen-bond acceptors (Lipinski definition) is 3. The summed E-state index contributed by atoms with van der Waals surface area (Å²) in [5.74, 6) is -0.266. The molecule has 2 aromatic carbocycles. The Morgan fingerprint density at radius 1 is 1.17 bits per heavy atom. The van der Waals surface area contributed by atoms with Crippen molar-refractivity contribution in [1.82, 2.24) is 4.57 Å². The lowest BCUT2D eigenvalue weighted by atomic mass is 10.1. The van der Waals surface area contributed by atoms with Crippen molar-refractivity contribution < 1.29 is 4.39 Å². The Bertz CT molecular complexity index is 912. The highest BCUT2D eigenvalue weighted by Gasteiger charge is 2.14. The van der Waals surface area contributed by atoms with Crippen molar-refractivity contribution in [2.45, 2.75) is 13.0 Å². The molecule has 23 heavy (non-hydrogen) atoms. The number of nitrogens with one attached hydrogen (secondary N) is 1. The Hall–Kier alpha value is -2.40. The fourth-order valence-electron chi connectivity index (χ4n) is 2.94. The second kappa shape index (κ2) is 5.66. The average molecular weight is 326 g/mol. The smallest absolute Gasteiger partial charge is 0.307 e. The summed E-state index contributed by atoms with van der Waals surface area (Å²) >= 11 is 1.20. The number of hydrogen-bond donors (Lipinski definition) is 1. The van der Waals surface area contributed by atoms with Crippen LogP contribution >= 0.6 is 11.3 Å². The molecule has 0 atom stereocenters. The van der Waals surface area contributed by atoms with Gasteiger partial charge in [-0.15, -0.1) is 0 Å². The van der Waals surface area contributed by atoms with E-state index >= 15 is 0 Å². The largest absolute Gasteiger partial charge is 0.384 e. The van der Waals surface area contributed by atoms with Gasteiger partial charge < -0.3 is 5.32 Å². The number of thiazole rings is 1. The van der Waals surface area contributed by atoms with Crippen LogP contribution in [-0.2, 0) is 13.0 Å². The van der Waals surface area contributed by atoms with Crippen molar-refractivity contribution in [3.05, 3.63) is 74.5 Å². The summed E-state index contributed by atoms with van der Waals surface area (Å²) in [5, 5.41) is 5.24. The van der Waals surface area contributed by atoms with E-state index in [0.29, 0.717) is 6.54 Å². The van der Waals surface area contributed by atoms with E-state index < -0.39 is 0 Å². The summed E-state index contributed by atoms with van der Waals surface area (Å²) in [6.45, 7) is 1.41.